The molecule has 0 radical (unpaired) electrons. The average Bonchev–Trinajstić information content (AvgIpc) is 2.42. The van der Waals surface area contributed by atoms with Crippen molar-refractivity contribution in [2.45, 2.75) is 20.3 Å². The van der Waals surface area contributed by atoms with E-state index in [1.165, 1.54) is 7.05 Å². The summed E-state index contributed by atoms with van der Waals surface area (Å²) in [5.41, 5.74) is 4.50. The van der Waals surface area contributed by atoms with Gasteiger partial charge in [0.1, 0.15) is 5.75 Å². The third-order valence-corrected chi connectivity index (χ3v) is 2.53. The van der Waals surface area contributed by atoms with Crippen LogP contribution in [0.5, 0.6) is 5.75 Å². The molecular weight excluding hydrogens is 212 g/mol. The Balaban J connectivity index is 0.00000121. The maximum absolute atomic E-state index is 5.62. The lowest BCUT2D eigenvalue weighted by Crippen LogP contribution is -2.25. The van der Waals surface area contributed by atoms with E-state index in [1.807, 2.05) is 30.3 Å². The van der Waals surface area contributed by atoms with Crippen molar-refractivity contribution in [2.75, 3.05) is 33.3 Å². The predicted octanol–water partition coefficient (Wildman–Crippen LogP) is 2.37. The molecule has 1 aromatic rings. The van der Waals surface area contributed by atoms with Gasteiger partial charge in [0.2, 0.25) is 0 Å². The minimum absolute atomic E-state index is 0.806. The molecular formula is C14H26N2O. The van der Waals surface area contributed by atoms with Crippen molar-refractivity contribution in [1.29, 1.82) is 0 Å². The molecule has 0 fully saturated rings. The van der Waals surface area contributed by atoms with E-state index in [1.54, 1.807) is 0 Å². The largest absolute Gasteiger partial charge is 0.494 e. The van der Waals surface area contributed by atoms with Crippen molar-refractivity contribution in [1.82, 2.24) is 4.90 Å². The summed E-state index contributed by atoms with van der Waals surface area (Å²) in [5, 5.41) is 0. The predicted molar refractivity (Wildman–Crippen MR) is 74.5 cm³/mol. The molecule has 3 heteroatoms. The van der Waals surface area contributed by atoms with Gasteiger partial charge in [-0.05, 0) is 38.7 Å². The lowest BCUT2D eigenvalue weighted by Gasteiger charge is -2.17. The van der Waals surface area contributed by atoms with Gasteiger partial charge in [0.05, 0.1) is 6.61 Å². The van der Waals surface area contributed by atoms with Gasteiger partial charge in [-0.1, -0.05) is 32.0 Å². The van der Waals surface area contributed by atoms with Gasteiger partial charge in [0.25, 0.3) is 0 Å². The molecule has 0 saturated carbocycles. The SMILES string of the molecule is CCN(CC)CCCOc1ccccc1.CN. The number of nitrogens with two attached hydrogens (primary N) is 1. The van der Waals surface area contributed by atoms with Gasteiger partial charge >= 0.3 is 0 Å². The molecule has 0 spiro atoms. The fourth-order valence-corrected chi connectivity index (χ4v) is 1.53. The van der Waals surface area contributed by atoms with Crippen LogP contribution in [0.3, 0.4) is 0 Å². The van der Waals surface area contributed by atoms with Crippen LogP contribution in [0.15, 0.2) is 30.3 Å². The maximum Gasteiger partial charge on any atom is 0.119 e. The van der Waals surface area contributed by atoms with Gasteiger partial charge in [-0.3, -0.25) is 0 Å². The Morgan fingerprint density at radius 3 is 2.18 bits per heavy atom. The molecule has 0 heterocycles. The normalized spacial score (nSPS) is 9.71. The minimum Gasteiger partial charge on any atom is -0.494 e. The summed E-state index contributed by atoms with van der Waals surface area (Å²) < 4.78 is 5.62. The molecule has 0 aliphatic rings. The van der Waals surface area contributed by atoms with E-state index in [2.05, 4.69) is 24.5 Å². The summed E-state index contributed by atoms with van der Waals surface area (Å²) in [6.07, 6.45) is 1.09. The summed E-state index contributed by atoms with van der Waals surface area (Å²) in [6, 6.07) is 10.00. The Morgan fingerprint density at radius 1 is 1.06 bits per heavy atom. The van der Waals surface area contributed by atoms with Crippen molar-refractivity contribution in [3.8, 4) is 5.75 Å². The molecule has 0 saturated heterocycles. The van der Waals surface area contributed by atoms with E-state index in [-0.39, 0.29) is 0 Å². The Bertz CT molecular complexity index is 248. The first-order chi connectivity index (χ1) is 8.36. The number of hydrogen-bond donors (Lipinski definition) is 1. The van der Waals surface area contributed by atoms with Crippen molar-refractivity contribution < 1.29 is 4.74 Å². The van der Waals surface area contributed by atoms with Crippen molar-refractivity contribution in [2.24, 2.45) is 5.73 Å². The van der Waals surface area contributed by atoms with Gasteiger partial charge in [-0.2, -0.15) is 0 Å². The summed E-state index contributed by atoms with van der Waals surface area (Å²) >= 11 is 0. The quantitative estimate of drug-likeness (QED) is 0.741. The molecule has 0 amide bonds. The first-order valence-electron chi connectivity index (χ1n) is 6.34. The van der Waals surface area contributed by atoms with Gasteiger partial charge < -0.3 is 15.4 Å². The number of benzene rings is 1. The number of hydrogen-bond acceptors (Lipinski definition) is 3. The van der Waals surface area contributed by atoms with E-state index < -0.39 is 0 Å². The molecule has 0 unspecified atom stereocenters. The number of nitrogens with zero attached hydrogens (tertiary/aromatic N) is 1. The van der Waals surface area contributed by atoms with Gasteiger partial charge in [0.15, 0.2) is 0 Å². The smallest absolute Gasteiger partial charge is 0.119 e. The fraction of sp³-hybridized carbons (Fsp3) is 0.571. The number of para-hydroxylation sites is 1. The molecule has 1 aromatic carbocycles. The first-order valence-corrected chi connectivity index (χ1v) is 6.34. The Labute approximate surface area is 106 Å². The van der Waals surface area contributed by atoms with Gasteiger partial charge in [0, 0.05) is 6.54 Å². The number of rotatable bonds is 7. The molecule has 2 N–H and O–H groups in total. The van der Waals surface area contributed by atoms with Crippen LogP contribution in [0, 0.1) is 0 Å². The standard InChI is InChI=1S/C13H21NO.CH5N/c1-3-14(4-2)11-8-12-15-13-9-6-5-7-10-13;1-2/h5-7,9-10H,3-4,8,11-12H2,1-2H3;2H2,1H3. The van der Waals surface area contributed by atoms with Gasteiger partial charge in [-0.25, -0.2) is 0 Å². The van der Waals surface area contributed by atoms with Crippen LogP contribution in [0.25, 0.3) is 0 Å². The van der Waals surface area contributed by atoms with E-state index in [9.17, 15) is 0 Å². The Hall–Kier alpha value is -1.06. The van der Waals surface area contributed by atoms with Crippen LogP contribution >= 0.6 is 0 Å². The third-order valence-electron chi connectivity index (χ3n) is 2.53. The molecule has 0 aliphatic carbocycles. The third kappa shape index (κ3) is 7.77. The molecule has 3 nitrogen and oxygen atoms in total. The van der Waals surface area contributed by atoms with Crippen LogP contribution in [0.4, 0.5) is 0 Å². The highest BCUT2D eigenvalue weighted by Gasteiger charge is 1.98. The van der Waals surface area contributed by atoms with Crippen LogP contribution in [-0.4, -0.2) is 38.2 Å². The lowest BCUT2D eigenvalue weighted by atomic mass is 10.3. The van der Waals surface area contributed by atoms with Crippen molar-refractivity contribution >= 4 is 0 Å². The second-order valence-corrected chi connectivity index (χ2v) is 3.54. The van der Waals surface area contributed by atoms with E-state index >= 15 is 0 Å². The van der Waals surface area contributed by atoms with E-state index in [0.717, 1.165) is 38.4 Å². The Kier molecular flexibility index (Phi) is 10.7. The second kappa shape index (κ2) is 11.4. The molecule has 0 aromatic heterocycles. The Morgan fingerprint density at radius 2 is 1.65 bits per heavy atom. The molecule has 17 heavy (non-hydrogen) atoms. The van der Waals surface area contributed by atoms with E-state index in [0.29, 0.717) is 0 Å². The summed E-state index contributed by atoms with van der Waals surface area (Å²) in [7, 11) is 1.50. The zero-order valence-electron chi connectivity index (χ0n) is 11.4. The summed E-state index contributed by atoms with van der Waals surface area (Å²) in [5.74, 6) is 0.969. The fourth-order valence-electron chi connectivity index (χ4n) is 1.53. The molecule has 0 atom stereocenters. The summed E-state index contributed by atoms with van der Waals surface area (Å²) in [6.45, 7) is 8.58. The molecule has 0 aliphatic heterocycles. The molecule has 98 valence electrons. The highest BCUT2D eigenvalue weighted by atomic mass is 16.5. The van der Waals surface area contributed by atoms with Crippen LogP contribution in [0.1, 0.15) is 20.3 Å². The topological polar surface area (TPSA) is 38.5 Å². The first kappa shape index (κ1) is 15.9. The van der Waals surface area contributed by atoms with E-state index in [4.69, 9.17) is 4.74 Å². The molecule has 0 bridgehead atoms. The zero-order valence-corrected chi connectivity index (χ0v) is 11.4. The van der Waals surface area contributed by atoms with Crippen LogP contribution in [0.2, 0.25) is 0 Å². The lowest BCUT2D eigenvalue weighted by molar-refractivity contribution is 0.249. The second-order valence-electron chi connectivity index (χ2n) is 3.54. The summed E-state index contributed by atoms with van der Waals surface area (Å²) in [4.78, 5) is 2.41. The zero-order chi connectivity index (χ0) is 12.9. The van der Waals surface area contributed by atoms with Crippen molar-refractivity contribution in [3.63, 3.8) is 0 Å². The number of ether oxygens (including phenoxy) is 1. The average molecular weight is 238 g/mol. The minimum atomic E-state index is 0.806. The van der Waals surface area contributed by atoms with Crippen molar-refractivity contribution in [3.05, 3.63) is 30.3 Å². The maximum atomic E-state index is 5.62. The highest BCUT2D eigenvalue weighted by molar-refractivity contribution is 5.20. The van der Waals surface area contributed by atoms with Gasteiger partial charge in [-0.15, -0.1) is 0 Å². The monoisotopic (exact) mass is 238 g/mol. The highest BCUT2D eigenvalue weighted by Crippen LogP contribution is 2.08. The van der Waals surface area contributed by atoms with Crippen LogP contribution < -0.4 is 10.5 Å². The molecule has 1 rings (SSSR count). The van der Waals surface area contributed by atoms with Crippen LogP contribution in [-0.2, 0) is 0 Å².